The van der Waals surface area contributed by atoms with Crippen LogP contribution >= 0.6 is 0 Å². The Kier molecular flexibility index (Phi) is 5.14. The summed E-state index contributed by atoms with van der Waals surface area (Å²) in [6, 6.07) is 44.1. The van der Waals surface area contributed by atoms with E-state index >= 15 is 0 Å². The zero-order chi connectivity index (χ0) is 28.5. The van der Waals surface area contributed by atoms with Gasteiger partial charge in [-0.2, -0.15) is 0 Å². The smallest absolute Gasteiger partial charge is 0.263 e. The number of para-hydroxylation sites is 1. The Morgan fingerprint density at radius 1 is 0.628 bits per heavy atom. The van der Waals surface area contributed by atoms with E-state index in [1.165, 1.54) is 11.1 Å². The Morgan fingerprint density at radius 3 is 2.21 bits per heavy atom. The van der Waals surface area contributed by atoms with Crippen molar-refractivity contribution in [3.05, 3.63) is 161 Å². The first-order valence-corrected chi connectivity index (χ1v) is 14.6. The second kappa shape index (κ2) is 9.20. The van der Waals surface area contributed by atoms with Crippen molar-refractivity contribution in [2.24, 2.45) is 4.99 Å². The summed E-state index contributed by atoms with van der Waals surface area (Å²) in [5, 5.41) is 3.68. The quantitative estimate of drug-likeness (QED) is 0.205. The van der Waals surface area contributed by atoms with Gasteiger partial charge in [-0.05, 0) is 64.6 Å². The largest absolute Gasteiger partial charge is 0.273 e. The highest BCUT2D eigenvalue weighted by Crippen LogP contribution is 2.40. The summed E-state index contributed by atoms with van der Waals surface area (Å²) in [5.74, 6) is 0.214. The Balaban J connectivity index is 1.14. The Bertz CT molecular complexity index is 2440. The van der Waals surface area contributed by atoms with Crippen LogP contribution in [0.3, 0.4) is 0 Å². The molecule has 0 bridgehead atoms. The van der Waals surface area contributed by atoms with E-state index in [1.54, 1.807) is 0 Å². The van der Waals surface area contributed by atoms with Crippen molar-refractivity contribution in [1.82, 2.24) is 9.38 Å². The van der Waals surface area contributed by atoms with E-state index in [2.05, 4.69) is 97.1 Å². The van der Waals surface area contributed by atoms with Crippen molar-refractivity contribution in [2.45, 2.75) is 12.3 Å². The van der Waals surface area contributed by atoms with Gasteiger partial charge in [0, 0.05) is 33.7 Å². The minimum atomic E-state index is -0.00315. The maximum Gasteiger partial charge on any atom is 0.263 e. The first-order valence-electron chi connectivity index (χ1n) is 14.6. The molecule has 0 amide bonds. The van der Waals surface area contributed by atoms with Crippen molar-refractivity contribution in [3.8, 4) is 11.1 Å². The SMILES string of the molecule is O=c1c2ccccc2c2nccc3c4cc(-c5ccc(C6=Nc7ccccc7C6Cc6ccccc6)cc5)ccc4n1c32. The summed E-state index contributed by atoms with van der Waals surface area (Å²) in [5.41, 5.74) is 10.8. The highest BCUT2D eigenvalue weighted by Gasteiger charge is 2.28. The van der Waals surface area contributed by atoms with Crippen molar-refractivity contribution < 1.29 is 0 Å². The molecule has 9 rings (SSSR count). The third-order valence-corrected chi connectivity index (χ3v) is 8.97. The van der Waals surface area contributed by atoms with Gasteiger partial charge in [-0.3, -0.25) is 19.2 Å². The second-order valence-electron chi connectivity index (χ2n) is 11.3. The summed E-state index contributed by atoms with van der Waals surface area (Å²) in [6.45, 7) is 0. The molecule has 4 heterocycles. The third-order valence-electron chi connectivity index (χ3n) is 8.97. The molecule has 0 radical (unpaired) electrons. The van der Waals surface area contributed by atoms with Gasteiger partial charge in [0.2, 0.25) is 0 Å². The molecule has 0 saturated heterocycles. The van der Waals surface area contributed by atoms with Crippen LogP contribution in [0.5, 0.6) is 0 Å². The molecule has 0 spiro atoms. The lowest BCUT2D eigenvalue weighted by atomic mass is 9.86. The number of hydrogen-bond donors (Lipinski definition) is 0. The molecular formula is C39H25N3O. The van der Waals surface area contributed by atoms with Gasteiger partial charge in [0.15, 0.2) is 0 Å². The molecule has 43 heavy (non-hydrogen) atoms. The summed E-state index contributed by atoms with van der Waals surface area (Å²) < 4.78 is 1.84. The van der Waals surface area contributed by atoms with E-state index in [9.17, 15) is 4.79 Å². The molecule has 5 aromatic carbocycles. The normalized spacial score (nSPS) is 14.6. The first-order chi connectivity index (χ1) is 21.2. The average molecular weight is 552 g/mol. The van der Waals surface area contributed by atoms with Crippen molar-refractivity contribution >= 4 is 49.5 Å². The molecule has 202 valence electrons. The van der Waals surface area contributed by atoms with E-state index in [0.29, 0.717) is 5.39 Å². The van der Waals surface area contributed by atoms with Gasteiger partial charge in [-0.25, -0.2) is 0 Å². The van der Waals surface area contributed by atoms with Crippen LogP contribution in [0.25, 0.3) is 49.2 Å². The number of nitrogens with zero attached hydrogens (tertiary/aromatic N) is 3. The monoisotopic (exact) mass is 551 g/mol. The zero-order valence-electron chi connectivity index (χ0n) is 23.2. The fourth-order valence-corrected chi connectivity index (χ4v) is 6.94. The van der Waals surface area contributed by atoms with Crippen LogP contribution < -0.4 is 5.56 Å². The molecule has 1 atom stereocenters. The van der Waals surface area contributed by atoms with Crippen LogP contribution in [0.4, 0.5) is 5.69 Å². The van der Waals surface area contributed by atoms with E-state index in [1.807, 2.05) is 40.9 Å². The van der Waals surface area contributed by atoms with Crippen LogP contribution in [-0.2, 0) is 6.42 Å². The van der Waals surface area contributed by atoms with Gasteiger partial charge in [-0.1, -0.05) is 97.1 Å². The van der Waals surface area contributed by atoms with Crippen LogP contribution in [0.1, 0.15) is 22.6 Å². The summed E-state index contributed by atoms with van der Waals surface area (Å²) >= 11 is 0. The molecule has 0 N–H and O–H groups in total. The molecule has 0 aliphatic carbocycles. The van der Waals surface area contributed by atoms with Crippen LogP contribution in [0.2, 0.25) is 0 Å². The predicted octanol–water partition coefficient (Wildman–Crippen LogP) is 8.72. The molecule has 1 unspecified atom stereocenters. The Hall–Kier alpha value is -5.61. The number of aromatic nitrogens is 2. The number of rotatable bonds is 4. The Morgan fingerprint density at radius 2 is 1.35 bits per heavy atom. The fraction of sp³-hybridized carbons (Fsp3) is 0.0513. The van der Waals surface area contributed by atoms with Crippen LogP contribution in [0.15, 0.2) is 143 Å². The van der Waals surface area contributed by atoms with Gasteiger partial charge in [-0.15, -0.1) is 0 Å². The highest BCUT2D eigenvalue weighted by molar-refractivity contribution is 6.19. The maximum atomic E-state index is 13.6. The lowest BCUT2D eigenvalue weighted by molar-refractivity contribution is 0.897. The van der Waals surface area contributed by atoms with Gasteiger partial charge in [0.1, 0.15) is 0 Å². The summed E-state index contributed by atoms with van der Waals surface area (Å²) in [7, 11) is 0. The minimum absolute atomic E-state index is 0.00315. The molecule has 4 nitrogen and oxygen atoms in total. The average Bonchev–Trinajstić information content (AvgIpc) is 3.60. The van der Waals surface area contributed by atoms with Crippen molar-refractivity contribution in [1.29, 1.82) is 0 Å². The molecule has 1 aliphatic heterocycles. The van der Waals surface area contributed by atoms with Crippen LogP contribution in [-0.4, -0.2) is 15.1 Å². The first kappa shape index (κ1) is 24.0. The van der Waals surface area contributed by atoms with E-state index in [-0.39, 0.29) is 11.5 Å². The Labute approximate surface area is 247 Å². The van der Waals surface area contributed by atoms with E-state index in [4.69, 9.17) is 9.98 Å². The topological polar surface area (TPSA) is 46.7 Å². The predicted molar refractivity (Wildman–Crippen MR) is 176 cm³/mol. The van der Waals surface area contributed by atoms with Gasteiger partial charge in [0.05, 0.1) is 27.9 Å². The summed E-state index contributed by atoms with van der Waals surface area (Å²) in [6.07, 6.45) is 2.76. The second-order valence-corrected chi connectivity index (χ2v) is 11.3. The maximum absolute atomic E-state index is 13.6. The molecule has 8 aromatic rings. The number of benzene rings is 5. The lowest BCUT2D eigenvalue weighted by Crippen LogP contribution is -2.13. The number of pyridine rings is 2. The van der Waals surface area contributed by atoms with E-state index < -0.39 is 0 Å². The van der Waals surface area contributed by atoms with E-state index in [0.717, 1.165) is 67.2 Å². The van der Waals surface area contributed by atoms with Gasteiger partial charge in [0.25, 0.3) is 5.56 Å². The molecule has 3 aromatic heterocycles. The molecule has 4 heteroatoms. The summed E-state index contributed by atoms with van der Waals surface area (Å²) in [4.78, 5) is 23.4. The molecule has 1 aliphatic rings. The minimum Gasteiger partial charge on any atom is -0.273 e. The van der Waals surface area contributed by atoms with Crippen molar-refractivity contribution in [2.75, 3.05) is 0 Å². The highest BCUT2D eigenvalue weighted by atomic mass is 16.1. The molecule has 0 saturated carbocycles. The van der Waals surface area contributed by atoms with Gasteiger partial charge < -0.3 is 0 Å². The number of hydrogen-bond acceptors (Lipinski definition) is 3. The van der Waals surface area contributed by atoms with Gasteiger partial charge >= 0.3 is 0 Å². The third kappa shape index (κ3) is 3.60. The van der Waals surface area contributed by atoms with Crippen LogP contribution in [0, 0.1) is 0 Å². The zero-order valence-corrected chi connectivity index (χ0v) is 23.2. The number of aliphatic imine (C=N–C) groups is 1. The lowest BCUT2D eigenvalue weighted by Gasteiger charge is -2.16. The van der Waals surface area contributed by atoms with Crippen molar-refractivity contribution in [3.63, 3.8) is 0 Å². The number of fused-ring (bicyclic) bond motifs is 6. The fourth-order valence-electron chi connectivity index (χ4n) is 6.94. The standard InChI is InChI=1S/C39H25N3O/c43-39-31-12-5-4-11-29(31)37-38-30(20-21-40-37)32-23-27(18-19-35(32)42(38)39)25-14-16-26(17-15-25)36-33(22-24-8-2-1-3-9-24)28-10-6-7-13-34(28)41-36/h1-21,23,33H,22H2. The molecule has 0 fully saturated rings. The molecular weight excluding hydrogens is 526 g/mol.